The summed E-state index contributed by atoms with van der Waals surface area (Å²) in [6.45, 7) is 2.27. The molecule has 1 fully saturated rings. The minimum Gasteiger partial charge on any atom is -0.497 e. The summed E-state index contributed by atoms with van der Waals surface area (Å²) < 4.78 is 12.6. The number of aryl methyl sites for hydroxylation is 1. The Balaban J connectivity index is 1.46. The lowest BCUT2D eigenvalue weighted by atomic mass is 10.1. The maximum Gasteiger partial charge on any atom is 0.255 e. The van der Waals surface area contributed by atoms with E-state index < -0.39 is 0 Å². The molecule has 0 saturated heterocycles. The third-order valence-corrected chi connectivity index (χ3v) is 5.91. The average Bonchev–Trinajstić information content (AvgIpc) is 3.64. The molecule has 3 heterocycles. The summed E-state index contributed by atoms with van der Waals surface area (Å²) >= 11 is 0. The topological polar surface area (TPSA) is 104 Å². The molecule has 0 unspecified atom stereocenters. The van der Waals surface area contributed by atoms with Crippen molar-refractivity contribution < 1.29 is 14.3 Å². The molecule has 0 radical (unpaired) electrons. The molecule has 1 saturated carbocycles. The first kappa shape index (κ1) is 22.5. The minimum atomic E-state index is -0.188. The van der Waals surface area contributed by atoms with Crippen molar-refractivity contribution in [2.24, 2.45) is 0 Å². The van der Waals surface area contributed by atoms with Gasteiger partial charge in [-0.2, -0.15) is 5.10 Å². The lowest BCUT2D eigenvalue weighted by Gasteiger charge is -2.12. The van der Waals surface area contributed by atoms with Crippen LogP contribution in [0, 0.1) is 6.92 Å². The van der Waals surface area contributed by atoms with Gasteiger partial charge in [0.2, 0.25) is 0 Å². The van der Waals surface area contributed by atoms with E-state index in [1.807, 2.05) is 49.4 Å². The molecule has 4 aromatic rings. The molecule has 0 bridgehead atoms. The molecular weight excluding hydrogens is 444 g/mol. The summed E-state index contributed by atoms with van der Waals surface area (Å²) in [6, 6.07) is 13.1. The molecule has 0 spiro atoms. The van der Waals surface area contributed by atoms with E-state index in [2.05, 4.69) is 20.4 Å². The van der Waals surface area contributed by atoms with Crippen LogP contribution in [0.15, 0.2) is 54.9 Å². The van der Waals surface area contributed by atoms with Crippen LogP contribution < -0.4 is 14.8 Å². The summed E-state index contributed by atoms with van der Waals surface area (Å²) in [5.74, 6) is 1.82. The zero-order chi connectivity index (χ0) is 24.4. The first-order valence-electron chi connectivity index (χ1n) is 11.4. The van der Waals surface area contributed by atoms with Crippen molar-refractivity contribution in [2.45, 2.75) is 32.2 Å². The summed E-state index contributed by atoms with van der Waals surface area (Å²) in [5.41, 5.74) is 4.52. The maximum absolute atomic E-state index is 13.1. The molecule has 1 N–H and O–H groups in total. The monoisotopic (exact) mass is 470 g/mol. The van der Waals surface area contributed by atoms with Gasteiger partial charge in [0, 0.05) is 23.4 Å². The number of nitrogens with one attached hydrogen (secondary N) is 1. The predicted molar refractivity (Wildman–Crippen MR) is 130 cm³/mol. The molecule has 1 aromatic carbocycles. The zero-order valence-corrected chi connectivity index (χ0v) is 19.9. The number of carbonyl (C=O) groups is 1. The SMILES string of the molecule is COc1ccc(OC)c(-c2ccnc(-n3ncc(C(=O)NCc4cccc(C)n4)c3C3CC3)n2)c1. The third-order valence-electron chi connectivity index (χ3n) is 5.91. The molecule has 0 aliphatic heterocycles. The van der Waals surface area contributed by atoms with Crippen LogP contribution >= 0.6 is 0 Å². The molecule has 178 valence electrons. The van der Waals surface area contributed by atoms with Gasteiger partial charge in [0.15, 0.2) is 0 Å². The van der Waals surface area contributed by atoms with Gasteiger partial charge >= 0.3 is 0 Å². The van der Waals surface area contributed by atoms with Gasteiger partial charge in [-0.25, -0.2) is 14.6 Å². The molecule has 5 rings (SSSR count). The summed E-state index contributed by atoms with van der Waals surface area (Å²) in [6.07, 6.45) is 5.26. The van der Waals surface area contributed by atoms with Gasteiger partial charge < -0.3 is 14.8 Å². The minimum absolute atomic E-state index is 0.188. The van der Waals surface area contributed by atoms with Crippen molar-refractivity contribution in [1.29, 1.82) is 0 Å². The van der Waals surface area contributed by atoms with E-state index in [-0.39, 0.29) is 11.8 Å². The van der Waals surface area contributed by atoms with Crippen LogP contribution in [0.4, 0.5) is 0 Å². The Hall–Kier alpha value is -4.27. The Morgan fingerprint density at radius 3 is 2.71 bits per heavy atom. The molecule has 3 aromatic heterocycles. The number of nitrogens with zero attached hydrogens (tertiary/aromatic N) is 5. The van der Waals surface area contributed by atoms with Gasteiger partial charge in [-0.15, -0.1) is 0 Å². The molecule has 1 aliphatic rings. The summed E-state index contributed by atoms with van der Waals surface area (Å²) in [7, 11) is 3.23. The third kappa shape index (κ3) is 4.70. The Kier molecular flexibility index (Phi) is 6.13. The fourth-order valence-corrected chi connectivity index (χ4v) is 4.02. The number of pyridine rings is 1. The van der Waals surface area contributed by atoms with Crippen LogP contribution in [0.2, 0.25) is 0 Å². The normalized spacial score (nSPS) is 12.9. The molecule has 9 heteroatoms. The Labute approximate surface area is 203 Å². The van der Waals surface area contributed by atoms with Crippen LogP contribution in [-0.4, -0.2) is 44.9 Å². The van der Waals surface area contributed by atoms with Crippen LogP contribution in [0.5, 0.6) is 11.5 Å². The molecule has 0 atom stereocenters. The first-order valence-corrected chi connectivity index (χ1v) is 11.4. The number of hydrogen-bond donors (Lipinski definition) is 1. The number of aromatic nitrogens is 5. The van der Waals surface area contributed by atoms with E-state index >= 15 is 0 Å². The lowest BCUT2D eigenvalue weighted by molar-refractivity contribution is 0.0949. The van der Waals surface area contributed by atoms with Gasteiger partial charge in [0.05, 0.1) is 49.6 Å². The average molecular weight is 471 g/mol. The number of amides is 1. The van der Waals surface area contributed by atoms with Crippen molar-refractivity contribution in [3.8, 4) is 28.7 Å². The second-order valence-corrected chi connectivity index (χ2v) is 8.39. The van der Waals surface area contributed by atoms with Gasteiger partial charge in [0.25, 0.3) is 11.9 Å². The van der Waals surface area contributed by atoms with Crippen molar-refractivity contribution in [3.05, 3.63) is 77.5 Å². The van der Waals surface area contributed by atoms with Crippen molar-refractivity contribution >= 4 is 5.91 Å². The standard InChI is InChI=1S/C26H26N6O3/c1-16-5-4-6-18(30-16)14-28-25(33)21-15-29-32(24(21)17-7-8-17)26-27-12-11-22(31-26)20-13-19(34-2)9-10-23(20)35-3/h4-6,9-13,15,17H,7-8,14H2,1-3H3,(H,28,33). The zero-order valence-electron chi connectivity index (χ0n) is 19.9. The molecule has 1 amide bonds. The quantitative estimate of drug-likeness (QED) is 0.417. The second kappa shape index (κ2) is 9.54. The van der Waals surface area contributed by atoms with E-state index in [9.17, 15) is 4.79 Å². The van der Waals surface area contributed by atoms with E-state index in [0.717, 1.165) is 35.5 Å². The van der Waals surface area contributed by atoms with E-state index in [0.29, 0.717) is 35.2 Å². The number of benzene rings is 1. The molecule has 9 nitrogen and oxygen atoms in total. The van der Waals surface area contributed by atoms with Gasteiger partial charge in [0.1, 0.15) is 11.5 Å². The summed E-state index contributed by atoms with van der Waals surface area (Å²) in [4.78, 5) is 26.7. The predicted octanol–water partition coefficient (Wildman–Crippen LogP) is 3.86. The smallest absolute Gasteiger partial charge is 0.255 e. The highest BCUT2D eigenvalue weighted by Crippen LogP contribution is 2.42. The number of methoxy groups -OCH3 is 2. The van der Waals surface area contributed by atoms with Crippen molar-refractivity contribution in [2.75, 3.05) is 14.2 Å². The van der Waals surface area contributed by atoms with Gasteiger partial charge in [-0.1, -0.05) is 6.07 Å². The molecule has 35 heavy (non-hydrogen) atoms. The maximum atomic E-state index is 13.1. The Morgan fingerprint density at radius 2 is 1.97 bits per heavy atom. The number of rotatable bonds is 8. The lowest BCUT2D eigenvalue weighted by Crippen LogP contribution is -2.24. The highest BCUT2D eigenvalue weighted by atomic mass is 16.5. The fourth-order valence-electron chi connectivity index (χ4n) is 4.02. The fraction of sp³-hybridized carbons (Fsp3) is 0.269. The Bertz CT molecular complexity index is 1380. The van der Waals surface area contributed by atoms with Crippen LogP contribution in [0.25, 0.3) is 17.2 Å². The first-order chi connectivity index (χ1) is 17.1. The Morgan fingerprint density at radius 1 is 1.11 bits per heavy atom. The van der Waals surface area contributed by atoms with E-state index in [1.54, 1.807) is 31.3 Å². The van der Waals surface area contributed by atoms with Crippen LogP contribution in [-0.2, 0) is 6.54 Å². The highest BCUT2D eigenvalue weighted by molar-refractivity contribution is 5.95. The number of carbonyl (C=O) groups excluding carboxylic acids is 1. The highest BCUT2D eigenvalue weighted by Gasteiger charge is 2.33. The van der Waals surface area contributed by atoms with E-state index in [1.165, 1.54) is 0 Å². The molecular formula is C26H26N6O3. The summed E-state index contributed by atoms with van der Waals surface area (Å²) in [5, 5.41) is 7.48. The van der Waals surface area contributed by atoms with Gasteiger partial charge in [-0.3, -0.25) is 9.78 Å². The van der Waals surface area contributed by atoms with Crippen molar-refractivity contribution in [1.82, 2.24) is 30.0 Å². The van der Waals surface area contributed by atoms with E-state index in [4.69, 9.17) is 14.5 Å². The second-order valence-electron chi connectivity index (χ2n) is 8.39. The number of ether oxygens (including phenoxy) is 2. The largest absolute Gasteiger partial charge is 0.497 e. The van der Waals surface area contributed by atoms with Gasteiger partial charge in [-0.05, 0) is 56.2 Å². The molecule has 1 aliphatic carbocycles. The van der Waals surface area contributed by atoms with Crippen LogP contribution in [0.3, 0.4) is 0 Å². The van der Waals surface area contributed by atoms with Crippen LogP contribution in [0.1, 0.15) is 46.2 Å². The number of hydrogen-bond acceptors (Lipinski definition) is 7. The van der Waals surface area contributed by atoms with Crippen molar-refractivity contribution in [3.63, 3.8) is 0 Å².